The number of piperazine rings is 1. The van der Waals surface area contributed by atoms with Gasteiger partial charge in [-0.05, 0) is 36.6 Å². The molecule has 0 atom stereocenters. The van der Waals surface area contributed by atoms with Crippen LogP contribution in [0.2, 0.25) is 5.02 Å². The summed E-state index contributed by atoms with van der Waals surface area (Å²) in [5, 5.41) is 3.75. The normalized spacial score (nSPS) is 17.2. The molecule has 5 nitrogen and oxygen atoms in total. The van der Waals surface area contributed by atoms with Gasteiger partial charge in [0, 0.05) is 50.9 Å². The summed E-state index contributed by atoms with van der Waals surface area (Å²) < 4.78 is 5.90. The van der Waals surface area contributed by atoms with Gasteiger partial charge in [-0.3, -0.25) is 9.69 Å². The highest BCUT2D eigenvalue weighted by molar-refractivity contribution is 6.33. The second kappa shape index (κ2) is 8.84. The van der Waals surface area contributed by atoms with Crippen molar-refractivity contribution in [3.05, 3.63) is 53.1 Å². The topological polar surface area (TPSA) is 44.8 Å². The first-order chi connectivity index (χ1) is 13.7. The van der Waals surface area contributed by atoms with Gasteiger partial charge in [-0.1, -0.05) is 29.8 Å². The lowest BCUT2D eigenvalue weighted by Gasteiger charge is -2.36. The average molecular weight is 400 g/mol. The van der Waals surface area contributed by atoms with E-state index in [1.54, 1.807) is 0 Å². The molecular weight excluding hydrogens is 374 g/mol. The van der Waals surface area contributed by atoms with E-state index in [1.165, 1.54) is 5.56 Å². The monoisotopic (exact) mass is 399 g/mol. The molecule has 0 aromatic heterocycles. The number of benzene rings is 2. The van der Waals surface area contributed by atoms with Gasteiger partial charge in [0.15, 0.2) is 0 Å². The summed E-state index contributed by atoms with van der Waals surface area (Å²) >= 11 is 6.31. The van der Waals surface area contributed by atoms with Crippen LogP contribution in [0.3, 0.4) is 0 Å². The highest BCUT2D eigenvalue weighted by Crippen LogP contribution is 2.28. The van der Waals surface area contributed by atoms with E-state index in [4.69, 9.17) is 16.3 Å². The van der Waals surface area contributed by atoms with Gasteiger partial charge in [0.2, 0.25) is 5.91 Å². The molecule has 0 bridgehead atoms. The lowest BCUT2D eigenvalue weighted by molar-refractivity contribution is -0.116. The minimum atomic E-state index is 0.0839. The SMILES string of the molecule is O=C1CCc2ccc(OCCCN3CCN(c4ccccc4Cl)CC3)cc2N1. The molecule has 2 aliphatic heterocycles. The van der Waals surface area contributed by atoms with Crippen molar-refractivity contribution < 1.29 is 9.53 Å². The summed E-state index contributed by atoms with van der Waals surface area (Å²) in [4.78, 5) is 16.4. The Hall–Kier alpha value is -2.24. The molecule has 6 heteroatoms. The van der Waals surface area contributed by atoms with E-state index >= 15 is 0 Å². The summed E-state index contributed by atoms with van der Waals surface area (Å²) in [6, 6.07) is 14.0. The molecule has 0 radical (unpaired) electrons. The molecule has 2 aromatic rings. The predicted molar refractivity (Wildman–Crippen MR) is 114 cm³/mol. The lowest BCUT2D eigenvalue weighted by Crippen LogP contribution is -2.46. The maximum Gasteiger partial charge on any atom is 0.224 e. The largest absolute Gasteiger partial charge is 0.493 e. The Bertz CT molecular complexity index is 834. The number of rotatable bonds is 6. The highest BCUT2D eigenvalue weighted by atomic mass is 35.5. The molecule has 28 heavy (non-hydrogen) atoms. The van der Waals surface area contributed by atoms with Crippen molar-refractivity contribution >= 4 is 28.9 Å². The molecule has 1 amide bonds. The first-order valence-corrected chi connectivity index (χ1v) is 10.3. The van der Waals surface area contributed by atoms with Crippen LogP contribution in [0.4, 0.5) is 11.4 Å². The molecule has 0 saturated carbocycles. The van der Waals surface area contributed by atoms with Gasteiger partial charge in [-0.25, -0.2) is 0 Å². The van der Waals surface area contributed by atoms with Gasteiger partial charge in [0.05, 0.1) is 17.3 Å². The van der Waals surface area contributed by atoms with Gasteiger partial charge in [-0.15, -0.1) is 0 Å². The van der Waals surface area contributed by atoms with Crippen molar-refractivity contribution in [3.8, 4) is 5.75 Å². The third-order valence-corrected chi connectivity index (χ3v) is 5.75. The summed E-state index contributed by atoms with van der Waals surface area (Å²) in [5.74, 6) is 0.907. The molecule has 0 unspecified atom stereocenters. The zero-order valence-corrected chi connectivity index (χ0v) is 16.8. The second-order valence-electron chi connectivity index (χ2n) is 7.35. The molecule has 4 rings (SSSR count). The molecule has 148 valence electrons. The van der Waals surface area contributed by atoms with Crippen LogP contribution in [0.5, 0.6) is 5.75 Å². The van der Waals surface area contributed by atoms with Crippen molar-refractivity contribution in [2.75, 3.05) is 49.5 Å². The number of nitrogens with one attached hydrogen (secondary N) is 1. The van der Waals surface area contributed by atoms with Crippen LogP contribution in [0.15, 0.2) is 42.5 Å². The fourth-order valence-electron chi connectivity index (χ4n) is 3.84. The van der Waals surface area contributed by atoms with E-state index in [2.05, 4.69) is 27.2 Å². The Morgan fingerprint density at radius 1 is 1.04 bits per heavy atom. The van der Waals surface area contributed by atoms with E-state index in [-0.39, 0.29) is 5.91 Å². The van der Waals surface area contributed by atoms with E-state index in [9.17, 15) is 4.79 Å². The first-order valence-electron chi connectivity index (χ1n) is 9.96. The van der Waals surface area contributed by atoms with Crippen molar-refractivity contribution in [1.29, 1.82) is 0 Å². The average Bonchev–Trinajstić information content (AvgIpc) is 2.72. The number of para-hydroxylation sites is 1. The van der Waals surface area contributed by atoms with Gasteiger partial charge in [0.1, 0.15) is 5.75 Å². The van der Waals surface area contributed by atoms with Crippen LogP contribution >= 0.6 is 11.6 Å². The molecule has 2 aliphatic rings. The van der Waals surface area contributed by atoms with Gasteiger partial charge < -0.3 is 15.0 Å². The molecule has 0 spiro atoms. The van der Waals surface area contributed by atoms with E-state index < -0.39 is 0 Å². The minimum absolute atomic E-state index is 0.0839. The number of carbonyl (C=O) groups excluding carboxylic acids is 1. The van der Waals surface area contributed by atoms with Gasteiger partial charge >= 0.3 is 0 Å². The highest BCUT2D eigenvalue weighted by Gasteiger charge is 2.18. The number of carbonyl (C=O) groups is 1. The third kappa shape index (κ3) is 4.59. The number of aryl methyl sites for hydroxylation is 1. The standard InChI is InChI=1S/C22H26ClN3O2/c23-19-4-1-2-5-21(19)26-13-11-25(12-14-26)10-3-15-28-18-8-6-17-7-9-22(27)24-20(17)16-18/h1-2,4-6,8,16H,3,7,9-15H2,(H,24,27). The number of hydrogen-bond donors (Lipinski definition) is 1. The molecule has 2 heterocycles. The van der Waals surface area contributed by atoms with E-state index in [0.717, 1.165) is 67.7 Å². The van der Waals surface area contributed by atoms with Crippen LogP contribution in [0.25, 0.3) is 0 Å². The fourth-order valence-corrected chi connectivity index (χ4v) is 4.09. The molecular formula is C22H26ClN3O2. The summed E-state index contributed by atoms with van der Waals surface area (Å²) in [6.45, 7) is 5.77. The minimum Gasteiger partial charge on any atom is -0.493 e. The van der Waals surface area contributed by atoms with Crippen LogP contribution < -0.4 is 15.0 Å². The second-order valence-corrected chi connectivity index (χ2v) is 7.76. The van der Waals surface area contributed by atoms with E-state index in [0.29, 0.717) is 13.0 Å². The lowest BCUT2D eigenvalue weighted by atomic mass is 10.0. The number of nitrogens with zero attached hydrogens (tertiary/aromatic N) is 2. The van der Waals surface area contributed by atoms with Crippen LogP contribution in [-0.4, -0.2) is 50.1 Å². The Morgan fingerprint density at radius 3 is 2.68 bits per heavy atom. The maximum atomic E-state index is 11.5. The predicted octanol–water partition coefficient (Wildman–Crippen LogP) is 3.82. The number of halogens is 1. The number of ether oxygens (including phenoxy) is 1. The number of anilines is 2. The molecule has 2 aromatic carbocycles. The summed E-state index contributed by atoms with van der Waals surface area (Å²) in [6.07, 6.45) is 2.36. The van der Waals surface area contributed by atoms with Crippen LogP contribution in [0, 0.1) is 0 Å². The Labute approximate surface area is 171 Å². The molecule has 1 saturated heterocycles. The van der Waals surface area contributed by atoms with Crippen LogP contribution in [0.1, 0.15) is 18.4 Å². The molecule has 0 aliphatic carbocycles. The van der Waals surface area contributed by atoms with Crippen LogP contribution in [-0.2, 0) is 11.2 Å². The zero-order chi connectivity index (χ0) is 19.3. The van der Waals surface area contributed by atoms with E-state index in [1.807, 2.05) is 30.3 Å². The zero-order valence-electron chi connectivity index (χ0n) is 16.0. The summed E-state index contributed by atoms with van der Waals surface area (Å²) in [7, 11) is 0. The first kappa shape index (κ1) is 19.1. The number of amides is 1. The third-order valence-electron chi connectivity index (χ3n) is 5.43. The Morgan fingerprint density at radius 2 is 1.86 bits per heavy atom. The van der Waals surface area contributed by atoms with Gasteiger partial charge in [0.25, 0.3) is 0 Å². The summed E-state index contributed by atoms with van der Waals surface area (Å²) in [5.41, 5.74) is 3.21. The Kier molecular flexibility index (Phi) is 6.03. The maximum absolute atomic E-state index is 11.5. The smallest absolute Gasteiger partial charge is 0.224 e. The molecule has 1 N–H and O–H groups in total. The number of fused-ring (bicyclic) bond motifs is 1. The number of hydrogen-bond acceptors (Lipinski definition) is 4. The fraction of sp³-hybridized carbons (Fsp3) is 0.409. The van der Waals surface area contributed by atoms with Crippen molar-refractivity contribution in [3.63, 3.8) is 0 Å². The van der Waals surface area contributed by atoms with Crippen molar-refractivity contribution in [2.24, 2.45) is 0 Å². The van der Waals surface area contributed by atoms with Crippen molar-refractivity contribution in [1.82, 2.24) is 4.90 Å². The quantitative estimate of drug-likeness (QED) is 0.750. The van der Waals surface area contributed by atoms with Crippen molar-refractivity contribution in [2.45, 2.75) is 19.3 Å². The Balaban J connectivity index is 1.19. The van der Waals surface area contributed by atoms with Gasteiger partial charge in [-0.2, -0.15) is 0 Å². The molecule has 1 fully saturated rings.